The van der Waals surface area contributed by atoms with Crippen molar-refractivity contribution in [2.24, 2.45) is 5.41 Å². The minimum absolute atomic E-state index is 0.0717. The average molecular weight is 231 g/mol. The van der Waals surface area contributed by atoms with Gasteiger partial charge in [0.2, 0.25) is 0 Å². The van der Waals surface area contributed by atoms with E-state index in [1.165, 1.54) is 0 Å². The molecule has 0 aromatic carbocycles. The first-order chi connectivity index (χ1) is 7.67. The Morgan fingerprint density at radius 2 is 1.75 bits per heavy atom. The number of aliphatic hydroxyl groups excluding tert-OH is 1. The number of hydrogen-bond acceptors (Lipinski definition) is 3. The SMILES string of the molecule is CCOCCN(CC)CC(CC)(CC)CO. The summed E-state index contributed by atoms with van der Waals surface area (Å²) < 4.78 is 5.38. The molecular weight excluding hydrogens is 202 g/mol. The maximum absolute atomic E-state index is 9.53. The first kappa shape index (κ1) is 15.9. The van der Waals surface area contributed by atoms with Crippen LogP contribution < -0.4 is 0 Å². The van der Waals surface area contributed by atoms with Gasteiger partial charge in [0.05, 0.1) is 6.61 Å². The van der Waals surface area contributed by atoms with Crippen LogP contribution in [0.1, 0.15) is 40.5 Å². The summed E-state index contributed by atoms with van der Waals surface area (Å²) in [6, 6.07) is 0. The Kier molecular flexibility index (Phi) is 8.90. The van der Waals surface area contributed by atoms with Crippen molar-refractivity contribution in [1.82, 2.24) is 4.90 Å². The molecule has 0 aromatic rings. The van der Waals surface area contributed by atoms with E-state index in [1.54, 1.807) is 0 Å². The fraction of sp³-hybridized carbons (Fsp3) is 1.00. The molecule has 0 aliphatic heterocycles. The molecule has 0 aromatic heterocycles. The molecule has 0 aliphatic rings. The lowest BCUT2D eigenvalue weighted by molar-refractivity contribution is 0.0493. The number of nitrogens with zero attached hydrogens (tertiary/aromatic N) is 1. The summed E-state index contributed by atoms with van der Waals surface area (Å²) in [6.07, 6.45) is 2.07. The van der Waals surface area contributed by atoms with Gasteiger partial charge in [0.25, 0.3) is 0 Å². The van der Waals surface area contributed by atoms with E-state index < -0.39 is 0 Å². The molecule has 0 heterocycles. The Hall–Kier alpha value is -0.120. The van der Waals surface area contributed by atoms with Crippen LogP contribution in [0.15, 0.2) is 0 Å². The minimum Gasteiger partial charge on any atom is -0.396 e. The number of ether oxygens (including phenoxy) is 1. The molecule has 3 heteroatoms. The normalized spacial score (nSPS) is 12.4. The zero-order valence-corrected chi connectivity index (χ0v) is 11.5. The maximum Gasteiger partial charge on any atom is 0.0593 e. The Morgan fingerprint density at radius 3 is 2.12 bits per heavy atom. The molecule has 3 nitrogen and oxygen atoms in total. The molecule has 0 rings (SSSR count). The standard InChI is InChI=1S/C13H29NO2/c1-5-13(6-2,12-15)11-14(7-3)9-10-16-8-4/h15H,5-12H2,1-4H3. The van der Waals surface area contributed by atoms with Crippen LogP contribution in [0.5, 0.6) is 0 Å². The van der Waals surface area contributed by atoms with E-state index in [2.05, 4.69) is 25.7 Å². The van der Waals surface area contributed by atoms with Crippen LogP contribution in [0.25, 0.3) is 0 Å². The van der Waals surface area contributed by atoms with Crippen molar-refractivity contribution < 1.29 is 9.84 Å². The topological polar surface area (TPSA) is 32.7 Å². The smallest absolute Gasteiger partial charge is 0.0593 e. The van der Waals surface area contributed by atoms with Gasteiger partial charge in [-0.1, -0.05) is 20.8 Å². The van der Waals surface area contributed by atoms with Gasteiger partial charge in [0, 0.05) is 31.7 Å². The van der Waals surface area contributed by atoms with E-state index in [9.17, 15) is 5.11 Å². The van der Waals surface area contributed by atoms with Gasteiger partial charge in [-0.3, -0.25) is 0 Å². The minimum atomic E-state index is 0.0717. The van der Waals surface area contributed by atoms with Crippen molar-refractivity contribution >= 4 is 0 Å². The van der Waals surface area contributed by atoms with Gasteiger partial charge >= 0.3 is 0 Å². The molecule has 0 unspecified atom stereocenters. The summed E-state index contributed by atoms with van der Waals surface area (Å²) in [5, 5.41) is 9.53. The Labute approximate surface area is 101 Å². The molecule has 0 saturated heterocycles. The second-order valence-electron chi connectivity index (χ2n) is 4.43. The van der Waals surface area contributed by atoms with Gasteiger partial charge in [-0.15, -0.1) is 0 Å². The van der Waals surface area contributed by atoms with Crippen molar-refractivity contribution in [1.29, 1.82) is 0 Å². The monoisotopic (exact) mass is 231 g/mol. The van der Waals surface area contributed by atoms with Crippen LogP contribution in [0.2, 0.25) is 0 Å². The van der Waals surface area contributed by atoms with Crippen LogP contribution in [0.4, 0.5) is 0 Å². The van der Waals surface area contributed by atoms with E-state index >= 15 is 0 Å². The van der Waals surface area contributed by atoms with E-state index in [4.69, 9.17) is 4.74 Å². The van der Waals surface area contributed by atoms with Gasteiger partial charge in [-0.25, -0.2) is 0 Å². The van der Waals surface area contributed by atoms with Gasteiger partial charge in [0.1, 0.15) is 0 Å². The lowest BCUT2D eigenvalue weighted by Gasteiger charge is -2.35. The fourth-order valence-corrected chi connectivity index (χ4v) is 1.91. The molecule has 1 N–H and O–H groups in total. The summed E-state index contributed by atoms with van der Waals surface area (Å²) in [5.41, 5.74) is 0.0717. The molecule has 0 atom stereocenters. The third-order valence-electron chi connectivity index (χ3n) is 3.60. The van der Waals surface area contributed by atoms with Gasteiger partial charge < -0.3 is 14.7 Å². The molecule has 16 heavy (non-hydrogen) atoms. The van der Waals surface area contributed by atoms with Crippen molar-refractivity contribution in [2.45, 2.75) is 40.5 Å². The molecule has 0 saturated carbocycles. The number of hydrogen-bond donors (Lipinski definition) is 1. The van der Waals surface area contributed by atoms with Gasteiger partial charge in [0.15, 0.2) is 0 Å². The van der Waals surface area contributed by atoms with Crippen LogP contribution in [0, 0.1) is 5.41 Å². The lowest BCUT2D eigenvalue weighted by Crippen LogP contribution is -2.41. The summed E-state index contributed by atoms with van der Waals surface area (Å²) in [4.78, 5) is 2.37. The summed E-state index contributed by atoms with van der Waals surface area (Å²) in [5.74, 6) is 0. The van der Waals surface area contributed by atoms with E-state index in [0.717, 1.165) is 45.7 Å². The largest absolute Gasteiger partial charge is 0.396 e. The molecule has 0 fully saturated rings. The maximum atomic E-state index is 9.53. The Bertz CT molecular complexity index is 150. The second kappa shape index (κ2) is 8.97. The molecular formula is C13H29NO2. The number of likely N-dealkylation sites (N-methyl/N-ethyl adjacent to an activating group) is 1. The average Bonchev–Trinajstić information content (AvgIpc) is 2.34. The summed E-state index contributed by atoms with van der Waals surface area (Å²) >= 11 is 0. The molecule has 0 radical (unpaired) electrons. The quantitative estimate of drug-likeness (QED) is 0.585. The van der Waals surface area contributed by atoms with Crippen molar-refractivity contribution in [3.63, 3.8) is 0 Å². The van der Waals surface area contributed by atoms with Crippen LogP contribution in [-0.4, -0.2) is 49.5 Å². The zero-order chi connectivity index (χ0) is 12.4. The lowest BCUT2D eigenvalue weighted by atomic mass is 9.82. The van der Waals surface area contributed by atoms with Crippen LogP contribution >= 0.6 is 0 Å². The predicted molar refractivity (Wildman–Crippen MR) is 68.7 cm³/mol. The van der Waals surface area contributed by atoms with Gasteiger partial charge in [-0.2, -0.15) is 0 Å². The first-order valence-electron chi connectivity index (χ1n) is 6.58. The molecule has 0 bridgehead atoms. The van der Waals surface area contributed by atoms with Crippen molar-refractivity contribution in [3.8, 4) is 0 Å². The third-order valence-corrected chi connectivity index (χ3v) is 3.60. The third kappa shape index (κ3) is 5.28. The van der Waals surface area contributed by atoms with E-state index in [-0.39, 0.29) is 12.0 Å². The van der Waals surface area contributed by atoms with Crippen molar-refractivity contribution in [3.05, 3.63) is 0 Å². The van der Waals surface area contributed by atoms with Crippen molar-refractivity contribution in [2.75, 3.05) is 39.5 Å². The van der Waals surface area contributed by atoms with Gasteiger partial charge in [-0.05, 0) is 26.3 Å². The highest BCUT2D eigenvalue weighted by molar-refractivity contribution is 4.79. The van der Waals surface area contributed by atoms with Crippen LogP contribution in [0.3, 0.4) is 0 Å². The predicted octanol–water partition coefficient (Wildman–Crippen LogP) is 2.14. The van der Waals surface area contributed by atoms with Crippen LogP contribution in [-0.2, 0) is 4.74 Å². The summed E-state index contributed by atoms with van der Waals surface area (Å²) in [7, 11) is 0. The highest BCUT2D eigenvalue weighted by atomic mass is 16.5. The zero-order valence-electron chi connectivity index (χ0n) is 11.5. The molecule has 98 valence electrons. The highest BCUT2D eigenvalue weighted by Crippen LogP contribution is 2.26. The number of aliphatic hydroxyl groups is 1. The first-order valence-corrected chi connectivity index (χ1v) is 6.58. The Morgan fingerprint density at radius 1 is 1.12 bits per heavy atom. The second-order valence-corrected chi connectivity index (χ2v) is 4.43. The molecule has 0 aliphatic carbocycles. The molecule has 0 amide bonds. The Balaban J connectivity index is 4.15. The fourth-order valence-electron chi connectivity index (χ4n) is 1.91. The molecule has 0 spiro atoms. The summed E-state index contributed by atoms with van der Waals surface area (Å²) in [6.45, 7) is 13.3. The number of rotatable bonds is 10. The highest BCUT2D eigenvalue weighted by Gasteiger charge is 2.27. The van der Waals surface area contributed by atoms with E-state index in [0.29, 0.717) is 0 Å². The van der Waals surface area contributed by atoms with E-state index in [1.807, 2.05) is 6.92 Å².